The average Bonchev–Trinajstić information content (AvgIpc) is 3.44. The van der Waals surface area contributed by atoms with Crippen LogP contribution in [0.15, 0.2) is 36.4 Å². The van der Waals surface area contributed by atoms with Crippen LogP contribution in [0.5, 0.6) is 5.75 Å². The molecule has 260 valence electrons. The number of carbonyl (C=O) groups excluding carboxylic acids is 2. The van der Waals surface area contributed by atoms with Crippen LogP contribution in [0.25, 0.3) is 0 Å². The molecule has 5 saturated carbocycles. The number of esters is 1. The Bertz CT molecular complexity index is 1420. The Morgan fingerprint density at radius 3 is 2.30 bits per heavy atom. The summed E-state index contributed by atoms with van der Waals surface area (Å²) in [6.45, 7) is 24.1. The fraction of sp³-hybridized carbons (Fsp3) is 0.762. The van der Waals surface area contributed by atoms with Gasteiger partial charge >= 0.3 is 5.97 Å². The zero-order chi connectivity index (χ0) is 34.2. The molecule has 1 aromatic carbocycles. The maximum absolute atomic E-state index is 14.7. The molecule has 1 aromatic rings. The lowest BCUT2D eigenvalue weighted by Gasteiger charge is -2.76. The van der Waals surface area contributed by atoms with Gasteiger partial charge in [0.15, 0.2) is 0 Å². The van der Waals surface area contributed by atoms with E-state index in [1.165, 1.54) is 31.3 Å². The molecule has 10 atom stereocenters. The largest absolute Gasteiger partial charge is 0.497 e. The van der Waals surface area contributed by atoms with Gasteiger partial charge < -0.3 is 14.8 Å². The number of amides is 1. The molecule has 0 aromatic heterocycles. The van der Waals surface area contributed by atoms with Crippen molar-refractivity contribution in [3.63, 3.8) is 0 Å². The Kier molecular flexibility index (Phi) is 8.57. The molecular formula is C42H63NO4. The van der Waals surface area contributed by atoms with E-state index in [0.29, 0.717) is 30.2 Å². The topological polar surface area (TPSA) is 64.6 Å². The highest BCUT2D eigenvalue weighted by molar-refractivity contribution is 5.84. The molecule has 5 heteroatoms. The second-order valence-electron chi connectivity index (χ2n) is 18.1. The fourth-order valence-corrected chi connectivity index (χ4v) is 14.1. The van der Waals surface area contributed by atoms with Crippen molar-refractivity contribution in [2.75, 3.05) is 7.11 Å². The van der Waals surface area contributed by atoms with Crippen LogP contribution in [0, 0.1) is 56.2 Å². The van der Waals surface area contributed by atoms with Gasteiger partial charge in [0.05, 0.1) is 12.5 Å². The normalized spacial score (nSPS) is 43.4. The van der Waals surface area contributed by atoms with Crippen LogP contribution in [0.2, 0.25) is 0 Å². The van der Waals surface area contributed by atoms with Crippen molar-refractivity contribution in [2.24, 2.45) is 56.2 Å². The first-order valence-electron chi connectivity index (χ1n) is 18.8. The predicted octanol–water partition coefficient (Wildman–Crippen LogP) is 9.68. The molecule has 0 radical (unpaired) electrons. The minimum Gasteiger partial charge on any atom is -0.497 e. The summed E-state index contributed by atoms with van der Waals surface area (Å²) in [4.78, 5) is 26.8. The van der Waals surface area contributed by atoms with E-state index in [9.17, 15) is 9.59 Å². The van der Waals surface area contributed by atoms with Crippen LogP contribution in [0.3, 0.4) is 0 Å². The Hall–Kier alpha value is -2.30. The number of rotatable bonds is 7. The molecule has 5 aliphatic rings. The zero-order valence-electron chi connectivity index (χ0n) is 31.0. The summed E-state index contributed by atoms with van der Waals surface area (Å²) in [6, 6.07) is 8.07. The molecule has 47 heavy (non-hydrogen) atoms. The van der Waals surface area contributed by atoms with Crippen molar-refractivity contribution in [1.82, 2.24) is 5.32 Å². The Morgan fingerprint density at radius 2 is 1.64 bits per heavy atom. The number of allylic oxidation sites excluding steroid dienone is 1. The van der Waals surface area contributed by atoms with E-state index in [1.807, 2.05) is 18.2 Å². The van der Waals surface area contributed by atoms with E-state index in [4.69, 9.17) is 9.47 Å². The van der Waals surface area contributed by atoms with Crippen LogP contribution in [-0.4, -0.2) is 25.1 Å². The first kappa shape index (κ1) is 34.6. The highest BCUT2D eigenvalue weighted by Gasteiger charge is 2.76. The van der Waals surface area contributed by atoms with E-state index in [-0.39, 0.29) is 50.5 Å². The van der Waals surface area contributed by atoms with Crippen LogP contribution in [0.1, 0.15) is 132 Å². The van der Waals surface area contributed by atoms with Gasteiger partial charge in [-0.15, -0.1) is 0 Å². The molecule has 0 bridgehead atoms. The average molecular weight is 646 g/mol. The summed E-state index contributed by atoms with van der Waals surface area (Å²) in [6.07, 6.45) is 12.1. The molecule has 5 nitrogen and oxygen atoms in total. The van der Waals surface area contributed by atoms with Crippen LogP contribution >= 0.6 is 0 Å². The number of hydrogen-bond acceptors (Lipinski definition) is 4. The van der Waals surface area contributed by atoms with Crippen molar-refractivity contribution in [1.29, 1.82) is 0 Å². The van der Waals surface area contributed by atoms with Gasteiger partial charge in [0, 0.05) is 18.9 Å². The number of hydrogen-bond donors (Lipinski definition) is 1. The Balaban J connectivity index is 1.36. The minimum absolute atomic E-state index is 0.00284. The van der Waals surface area contributed by atoms with Gasteiger partial charge in [-0.1, -0.05) is 65.8 Å². The number of methoxy groups -OCH3 is 1. The van der Waals surface area contributed by atoms with Crippen LogP contribution < -0.4 is 10.1 Å². The van der Waals surface area contributed by atoms with Crippen molar-refractivity contribution in [2.45, 2.75) is 139 Å². The quantitative estimate of drug-likeness (QED) is 0.237. The van der Waals surface area contributed by atoms with Gasteiger partial charge in [-0.05, 0) is 141 Å². The predicted molar refractivity (Wildman–Crippen MR) is 189 cm³/mol. The van der Waals surface area contributed by atoms with E-state index in [1.54, 1.807) is 14.0 Å². The fourth-order valence-electron chi connectivity index (χ4n) is 14.1. The first-order chi connectivity index (χ1) is 22.1. The third kappa shape index (κ3) is 4.73. The standard InChI is InChI=1S/C42H63NO4/c1-11-42-22-17-33-38(7)19-18-34(47-28(4)44)37(5,6)32(38)16-20-39(33,8)40(42,9)23-24-41(21-15-31(27(2)3)35(41)42)36(45)43-26-29-13-12-14-30(25-29)46-10/h12-14,25,31-35H,2,11,15-24,26H2,1,3-10H3,(H,43,45)/t31-,32?,33?,34?,35?,38-,39?,40-,41-,42+/m0/s1. The van der Waals surface area contributed by atoms with Crippen LogP contribution in [0.4, 0.5) is 0 Å². The van der Waals surface area contributed by atoms with Crippen molar-refractivity contribution in [3.05, 3.63) is 42.0 Å². The molecule has 6 rings (SSSR count). The monoisotopic (exact) mass is 645 g/mol. The summed E-state index contributed by atoms with van der Waals surface area (Å²) < 4.78 is 11.5. The van der Waals surface area contributed by atoms with Crippen LogP contribution in [-0.2, 0) is 20.9 Å². The number of nitrogens with one attached hydrogen (secondary N) is 1. The molecular weight excluding hydrogens is 582 g/mol. The van der Waals surface area contributed by atoms with Gasteiger partial charge in [0.1, 0.15) is 11.9 Å². The molecule has 0 spiro atoms. The summed E-state index contributed by atoms with van der Waals surface area (Å²) in [7, 11) is 1.69. The van der Waals surface area contributed by atoms with E-state index < -0.39 is 0 Å². The van der Waals surface area contributed by atoms with E-state index >= 15 is 0 Å². The van der Waals surface area contributed by atoms with Crippen molar-refractivity contribution >= 4 is 11.9 Å². The molecule has 0 saturated heterocycles. The second kappa shape index (κ2) is 11.7. The van der Waals surface area contributed by atoms with Crippen molar-refractivity contribution in [3.8, 4) is 5.75 Å². The molecule has 0 heterocycles. The second-order valence-corrected chi connectivity index (χ2v) is 18.1. The van der Waals surface area contributed by atoms with Gasteiger partial charge in [-0.3, -0.25) is 9.59 Å². The zero-order valence-corrected chi connectivity index (χ0v) is 31.0. The number of ether oxygens (including phenoxy) is 2. The molecule has 5 unspecified atom stereocenters. The number of carbonyl (C=O) groups is 2. The number of benzene rings is 1. The molecule has 1 N–H and O–H groups in total. The number of fused-ring (bicyclic) bond motifs is 7. The molecule has 5 aliphatic carbocycles. The summed E-state index contributed by atoms with van der Waals surface area (Å²) in [5.41, 5.74) is 2.55. The molecule has 0 aliphatic heterocycles. The van der Waals surface area contributed by atoms with Gasteiger partial charge in [0.2, 0.25) is 5.91 Å². The van der Waals surface area contributed by atoms with Gasteiger partial charge in [-0.2, -0.15) is 0 Å². The lowest BCUT2D eigenvalue weighted by atomic mass is 9.28. The van der Waals surface area contributed by atoms with Crippen molar-refractivity contribution < 1.29 is 19.1 Å². The molecule has 5 fully saturated rings. The van der Waals surface area contributed by atoms with Gasteiger partial charge in [0.25, 0.3) is 0 Å². The minimum atomic E-state index is -0.355. The summed E-state index contributed by atoms with van der Waals surface area (Å²) in [5.74, 6) is 2.78. The SMILES string of the molecule is C=C(C)[C@@H]1CC[C@]2(C(=O)NCc3cccc(OC)c3)CC[C@@]3(C)C4(C)CCC5C(C)(C)C(OC(C)=O)CC[C@]5(C)C4CC[C@]3(CC)C12. The highest BCUT2D eigenvalue weighted by Crippen LogP contribution is 2.82. The maximum atomic E-state index is 14.7. The molecule has 1 amide bonds. The Morgan fingerprint density at radius 1 is 0.915 bits per heavy atom. The van der Waals surface area contributed by atoms with Gasteiger partial charge in [-0.25, -0.2) is 0 Å². The maximum Gasteiger partial charge on any atom is 0.302 e. The highest BCUT2D eigenvalue weighted by atomic mass is 16.5. The summed E-state index contributed by atoms with van der Waals surface area (Å²) >= 11 is 0. The first-order valence-corrected chi connectivity index (χ1v) is 18.8. The third-order valence-electron chi connectivity index (χ3n) is 16.4. The third-order valence-corrected chi connectivity index (χ3v) is 16.4. The summed E-state index contributed by atoms with van der Waals surface area (Å²) in [5, 5.41) is 3.47. The lowest BCUT2D eigenvalue weighted by Crippen LogP contribution is -2.71. The Labute approximate surface area is 285 Å². The van der Waals surface area contributed by atoms with E-state index in [0.717, 1.165) is 56.3 Å². The van der Waals surface area contributed by atoms with E-state index in [2.05, 4.69) is 66.4 Å². The lowest BCUT2D eigenvalue weighted by molar-refractivity contribution is -0.281. The smallest absolute Gasteiger partial charge is 0.302 e.